The van der Waals surface area contributed by atoms with Crippen LogP contribution in [0.5, 0.6) is 11.5 Å². The Morgan fingerprint density at radius 1 is 1.37 bits per heavy atom. The van der Waals surface area contributed by atoms with Gasteiger partial charge in [0.05, 0.1) is 13.7 Å². The Kier molecular flexibility index (Phi) is 5.97. The van der Waals surface area contributed by atoms with Crippen molar-refractivity contribution in [2.75, 3.05) is 39.1 Å². The second kappa shape index (κ2) is 8.23. The standard InChI is InChI=1S/C20H27ClN4O2/c1-20(18-15(19(21)23)6-8-24-18)7-10-25(13-20)9-3-11-27-17-12-14(22)4-5-16(17)26-2/h4-6,8,12,23-24H,3,7,9-11,13,22H2,1-2H3. The molecule has 7 heteroatoms. The number of aromatic amines is 1. The number of hydrogen-bond donors (Lipinski definition) is 3. The third-order valence-electron chi connectivity index (χ3n) is 5.20. The van der Waals surface area contributed by atoms with Crippen LogP contribution in [0.1, 0.15) is 31.0 Å². The maximum atomic E-state index is 7.76. The summed E-state index contributed by atoms with van der Waals surface area (Å²) in [7, 11) is 1.62. The number of nitrogens with two attached hydrogens (primary N) is 1. The van der Waals surface area contributed by atoms with E-state index in [0.717, 1.165) is 43.7 Å². The van der Waals surface area contributed by atoms with Gasteiger partial charge in [-0.05, 0) is 37.6 Å². The highest BCUT2D eigenvalue weighted by atomic mass is 35.5. The highest BCUT2D eigenvalue weighted by Gasteiger charge is 2.37. The highest BCUT2D eigenvalue weighted by molar-refractivity contribution is 6.68. The van der Waals surface area contributed by atoms with Gasteiger partial charge < -0.3 is 25.1 Å². The number of ether oxygens (including phenoxy) is 2. The van der Waals surface area contributed by atoms with Crippen LogP contribution in [0, 0.1) is 5.41 Å². The summed E-state index contributed by atoms with van der Waals surface area (Å²) in [6.45, 7) is 5.75. The quantitative estimate of drug-likeness (QED) is 0.365. The molecule has 0 radical (unpaired) electrons. The van der Waals surface area contributed by atoms with E-state index in [9.17, 15) is 0 Å². The van der Waals surface area contributed by atoms with E-state index < -0.39 is 0 Å². The van der Waals surface area contributed by atoms with Crippen molar-refractivity contribution in [3.63, 3.8) is 0 Å². The maximum absolute atomic E-state index is 7.76. The molecule has 1 saturated heterocycles. The lowest BCUT2D eigenvalue weighted by atomic mass is 9.84. The fourth-order valence-corrected chi connectivity index (χ4v) is 3.94. The molecule has 1 aromatic carbocycles. The van der Waals surface area contributed by atoms with E-state index in [4.69, 9.17) is 32.2 Å². The second-order valence-electron chi connectivity index (χ2n) is 7.28. The lowest BCUT2D eigenvalue weighted by Gasteiger charge is -2.25. The number of benzene rings is 1. The summed E-state index contributed by atoms with van der Waals surface area (Å²) in [6, 6.07) is 7.29. The molecule has 3 rings (SSSR count). The van der Waals surface area contributed by atoms with Gasteiger partial charge >= 0.3 is 0 Å². The summed E-state index contributed by atoms with van der Waals surface area (Å²) in [6.07, 6.45) is 3.81. The Balaban J connectivity index is 1.51. The molecule has 146 valence electrons. The van der Waals surface area contributed by atoms with Crippen molar-refractivity contribution < 1.29 is 9.47 Å². The Labute approximate surface area is 165 Å². The number of rotatable bonds is 8. The lowest BCUT2D eigenvalue weighted by Crippen LogP contribution is -2.30. The van der Waals surface area contributed by atoms with Crippen molar-refractivity contribution in [2.45, 2.75) is 25.2 Å². The van der Waals surface area contributed by atoms with E-state index in [0.29, 0.717) is 23.8 Å². The second-order valence-corrected chi connectivity index (χ2v) is 7.66. The molecule has 1 aliphatic heterocycles. The molecular formula is C20H27ClN4O2. The number of nitrogens with one attached hydrogen (secondary N) is 2. The fraction of sp³-hybridized carbons (Fsp3) is 0.450. The van der Waals surface area contributed by atoms with E-state index in [2.05, 4.69) is 16.8 Å². The van der Waals surface area contributed by atoms with Gasteiger partial charge in [0, 0.05) is 47.7 Å². The smallest absolute Gasteiger partial charge is 0.163 e. The molecule has 0 spiro atoms. The molecule has 1 aliphatic rings. The molecule has 1 fully saturated rings. The number of nitrogen functional groups attached to an aromatic ring is 1. The van der Waals surface area contributed by atoms with Crippen LogP contribution in [-0.2, 0) is 5.41 Å². The number of hydrogen-bond acceptors (Lipinski definition) is 5. The summed E-state index contributed by atoms with van der Waals surface area (Å²) in [5.74, 6) is 1.38. The van der Waals surface area contributed by atoms with Crippen LogP contribution in [0.2, 0.25) is 0 Å². The van der Waals surface area contributed by atoms with Crippen molar-refractivity contribution in [1.29, 1.82) is 5.41 Å². The van der Waals surface area contributed by atoms with Gasteiger partial charge in [-0.3, -0.25) is 5.41 Å². The van der Waals surface area contributed by atoms with Gasteiger partial charge in [-0.15, -0.1) is 0 Å². The molecular weight excluding hydrogens is 364 g/mol. The molecule has 0 amide bonds. The predicted octanol–water partition coefficient (Wildman–Crippen LogP) is 3.60. The maximum Gasteiger partial charge on any atom is 0.163 e. The first-order chi connectivity index (χ1) is 12.9. The van der Waals surface area contributed by atoms with Gasteiger partial charge in [-0.2, -0.15) is 0 Å². The van der Waals surface area contributed by atoms with Crippen LogP contribution in [0.25, 0.3) is 0 Å². The molecule has 2 heterocycles. The summed E-state index contributed by atoms with van der Waals surface area (Å²) in [4.78, 5) is 5.73. The lowest BCUT2D eigenvalue weighted by molar-refractivity contribution is 0.248. The molecule has 1 unspecified atom stereocenters. The van der Waals surface area contributed by atoms with Gasteiger partial charge in [0.25, 0.3) is 0 Å². The Morgan fingerprint density at radius 2 is 2.19 bits per heavy atom. The highest BCUT2D eigenvalue weighted by Crippen LogP contribution is 2.36. The summed E-state index contributed by atoms with van der Waals surface area (Å²) in [5.41, 5.74) is 8.33. The van der Waals surface area contributed by atoms with Gasteiger partial charge in [0.2, 0.25) is 0 Å². The first kappa shape index (κ1) is 19.6. The minimum Gasteiger partial charge on any atom is -0.493 e. The van der Waals surface area contributed by atoms with E-state index in [1.807, 2.05) is 18.3 Å². The topological polar surface area (TPSA) is 87.4 Å². The Hall–Kier alpha value is -2.18. The van der Waals surface area contributed by atoms with Crippen molar-refractivity contribution in [3.05, 3.63) is 41.7 Å². The normalized spacial score (nSPS) is 20.0. The summed E-state index contributed by atoms with van der Waals surface area (Å²) in [5, 5.41) is 7.85. The monoisotopic (exact) mass is 390 g/mol. The molecule has 27 heavy (non-hydrogen) atoms. The van der Waals surface area contributed by atoms with Crippen LogP contribution in [0.4, 0.5) is 5.69 Å². The van der Waals surface area contributed by atoms with E-state index in [-0.39, 0.29) is 10.6 Å². The van der Waals surface area contributed by atoms with Gasteiger partial charge in [-0.25, -0.2) is 0 Å². The van der Waals surface area contributed by atoms with E-state index in [1.165, 1.54) is 0 Å². The van der Waals surface area contributed by atoms with Crippen LogP contribution in [-0.4, -0.2) is 48.4 Å². The molecule has 4 N–H and O–H groups in total. The van der Waals surface area contributed by atoms with Crippen LogP contribution < -0.4 is 15.2 Å². The van der Waals surface area contributed by atoms with Crippen LogP contribution in [0.15, 0.2) is 30.5 Å². The third-order valence-corrected chi connectivity index (χ3v) is 5.41. The Bertz CT molecular complexity index is 807. The number of halogens is 1. The first-order valence-corrected chi connectivity index (χ1v) is 9.52. The zero-order chi connectivity index (χ0) is 19.4. The minimum absolute atomic E-state index is 0.0159. The van der Waals surface area contributed by atoms with Gasteiger partial charge in [-0.1, -0.05) is 18.5 Å². The average molecular weight is 391 g/mol. The number of aromatic nitrogens is 1. The minimum atomic E-state index is -0.0159. The van der Waals surface area contributed by atoms with E-state index >= 15 is 0 Å². The fourth-order valence-electron chi connectivity index (χ4n) is 3.78. The zero-order valence-electron chi connectivity index (χ0n) is 15.8. The largest absolute Gasteiger partial charge is 0.493 e. The van der Waals surface area contributed by atoms with Crippen molar-refractivity contribution >= 4 is 22.5 Å². The Morgan fingerprint density at radius 3 is 2.93 bits per heavy atom. The molecule has 0 saturated carbocycles. The predicted molar refractivity (Wildman–Crippen MR) is 109 cm³/mol. The number of likely N-dealkylation sites (tertiary alicyclic amines) is 1. The van der Waals surface area contributed by atoms with Crippen molar-refractivity contribution in [3.8, 4) is 11.5 Å². The zero-order valence-corrected chi connectivity index (χ0v) is 16.6. The molecule has 0 bridgehead atoms. The molecule has 2 aromatic rings. The first-order valence-electron chi connectivity index (χ1n) is 9.14. The van der Waals surface area contributed by atoms with Crippen LogP contribution >= 0.6 is 11.6 Å². The number of methoxy groups -OCH3 is 1. The number of H-pyrrole nitrogens is 1. The van der Waals surface area contributed by atoms with Crippen molar-refractivity contribution in [1.82, 2.24) is 9.88 Å². The number of anilines is 1. The summed E-state index contributed by atoms with van der Waals surface area (Å²) >= 11 is 5.94. The summed E-state index contributed by atoms with van der Waals surface area (Å²) < 4.78 is 11.2. The number of nitrogens with zero attached hydrogens (tertiary/aromatic N) is 1. The van der Waals surface area contributed by atoms with Crippen LogP contribution in [0.3, 0.4) is 0 Å². The third kappa shape index (κ3) is 4.39. The molecule has 0 aliphatic carbocycles. The molecule has 6 nitrogen and oxygen atoms in total. The van der Waals surface area contributed by atoms with Gasteiger partial charge in [0.15, 0.2) is 11.5 Å². The van der Waals surface area contributed by atoms with Crippen molar-refractivity contribution in [2.24, 2.45) is 0 Å². The SMILES string of the molecule is COc1ccc(N)cc1OCCCN1CCC(C)(c2[nH]ccc2C(=N)Cl)C1. The van der Waals surface area contributed by atoms with E-state index in [1.54, 1.807) is 19.2 Å². The molecule has 1 atom stereocenters. The average Bonchev–Trinajstić information content (AvgIpc) is 3.27. The molecule has 1 aromatic heterocycles. The van der Waals surface area contributed by atoms with Gasteiger partial charge in [0.1, 0.15) is 5.17 Å².